The van der Waals surface area contributed by atoms with Crippen LogP contribution in [0.1, 0.15) is 54.2 Å². The van der Waals surface area contributed by atoms with Gasteiger partial charge in [0.25, 0.3) is 0 Å². The monoisotopic (exact) mass is 722 g/mol. The fourth-order valence-electron chi connectivity index (χ4n) is 5.01. The number of hydrogen-bond acceptors (Lipinski definition) is 10. The summed E-state index contributed by atoms with van der Waals surface area (Å²) in [5, 5.41) is 12.6. The van der Waals surface area contributed by atoms with Gasteiger partial charge in [-0.1, -0.05) is 89.5 Å². The van der Waals surface area contributed by atoms with Gasteiger partial charge in [-0.05, 0) is 77.5 Å². The zero-order valence-electron chi connectivity index (χ0n) is 32.8. The Labute approximate surface area is 314 Å². The van der Waals surface area contributed by atoms with Crippen LogP contribution in [0.15, 0.2) is 72.8 Å². The minimum Gasteiger partial charge on any atom is -0.444 e. The van der Waals surface area contributed by atoms with E-state index in [0.29, 0.717) is 26.2 Å². The Morgan fingerprint density at radius 3 is 1.23 bits per heavy atom. The molecule has 0 bridgehead atoms. The number of nitrogens with two attached hydrogens (primary N) is 5. The topological polar surface area (TPSA) is 205 Å². The molecule has 0 unspecified atom stereocenters. The van der Waals surface area contributed by atoms with Crippen LogP contribution in [0, 0.1) is 20.8 Å². The number of hydrogen-bond donors (Lipinski definition) is 9. The Kier molecular flexibility index (Phi) is 24.4. The van der Waals surface area contributed by atoms with E-state index in [2.05, 4.69) is 115 Å². The molecule has 0 spiro atoms. The first-order valence-electron chi connectivity index (χ1n) is 18.6. The van der Waals surface area contributed by atoms with E-state index in [1.54, 1.807) is 0 Å². The molecule has 0 heterocycles. The minimum absolute atomic E-state index is 0.0379. The number of amides is 1. The second-order valence-electron chi connectivity index (χ2n) is 14.4. The lowest BCUT2D eigenvalue weighted by Gasteiger charge is -2.24. The molecule has 0 aliphatic rings. The molecule has 3 aromatic rings. The number of carbonyl (C=O) groups is 1. The van der Waals surface area contributed by atoms with Gasteiger partial charge in [0.2, 0.25) is 0 Å². The van der Waals surface area contributed by atoms with Crippen molar-refractivity contribution in [3.05, 3.63) is 106 Å². The molecule has 11 heteroatoms. The van der Waals surface area contributed by atoms with Crippen molar-refractivity contribution in [1.29, 1.82) is 0 Å². The summed E-state index contributed by atoms with van der Waals surface area (Å²) in [5.41, 5.74) is 35.3. The lowest BCUT2D eigenvalue weighted by Crippen LogP contribution is -2.46. The average molecular weight is 722 g/mol. The molecule has 3 aromatic carbocycles. The molecule has 3 rings (SSSR count). The first-order valence-corrected chi connectivity index (χ1v) is 18.6. The molecule has 52 heavy (non-hydrogen) atoms. The van der Waals surface area contributed by atoms with E-state index < -0.39 is 5.60 Å². The van der Waals surface area contributed by atoms with Crippen LogP contribution in [-0.2, 0) is 24.0 Å². The number of ether oxygens (including phenoxy) is 1. The summed E-state index contributed by atoms with van der Waals surface area (Å²) in [4.78, 5) is 12.0. The van der Waals surface area contributed by atoms with Gasteiger partial charge in [-0.3, -0.25) is 0 Å². The minimum atomic E-state index is -0.497. The fourth-order valence-corrected chi connectivity index (χ4v) is 5.01. The molecular formula is C41H71N9O2. The maximum absolute atomic E-state index is 12.0. The summed E-state index contributed by atoms with van der Waals surface area (Å²) in [5.74, 6) is 0. The van der Waals surface area contributed by atoms with Crippen LogP contribution in [0.2, 0.25) is 0 Å². The van der Waals surface area contributed by atoms with Gasteiger partial charge >= 0.3 is 6.09 Å². The van der Waals surface area contributed by atoms with Gasteiger partial charge in [0.1, 0.15) is 5.60 Å². The summed E-state index contributed by atoms with van der Waals surface area (Å²) in [7, 11) is 0. The highest BCUT2D eigenvalue weighted by Crippen LogP contribution is 2.10. The number of alkyl carbamates (subject to hydrolysis) is 1. The number of nitrogens with one attached hydrogen (secondary N) is 4. The Morgan fingerprint density at radius 2 is 0.904 bits per heavy atom. The van der Waals surface area contributed by atoms with Crippen molar-refractivity contribution in [3.8, 4) is 0 Å². The van der Waals surface area contributed by atoms with Crippen LogP contribution in [0.5, 0.6) is 0 Å². The smallest absolute Gasteiger partial charge is 0.407 e. The Hall–Kier alpha value is -3.39. The van der Waals surface area contributed by atoms with Gasteiger partial charge in [-0.25, -0.2) is 4.79 Å². The highest BCUT2D eigenvalue weighted by molar-refractivity contribution is 5.68. The standard InChI is InChI=1S/C17H29N3O2.2C12H21N3/c1-13-5-7-14(8-6-13)11-15(12-19-10-9-18)20-16(21)22-17(2,3)4;2*1-10-2-4-11(5-3-10)8-12(14)9-15-7-6-13/h5-8,15,19H,9-12,18H2,1-4H3,(H,20,21);2*2-5,12,15H,6-9,13-14H2,1H3/t15-;2*12-/m000/s1. The van der Waals surface area contributed by atoms with Crippen LogP contribution in [0.25, 0.3) is 0 Å². The molecule has 0 fully saturated rings. The van der Waals surface area contributed by atoms with E-state index in [1.165, 1.54) is 33.4 Å². The van der Waals surface area contributed by atoms with Gasteiger partial charge < -0.3 is 54.7 Å². The van der Waals surface area contributed by atoms with Crippen molar-refractivity contribution < 1.29 is 9.53 Å². The van der Waals surface area contributed by atoms with Crippen LogP contribution in [0.3, 0.4) is 0 Å². The highest BCUT2D eigenvalue weighted by atomic mass is 16.6. The van der Waals surface area contributed by atoms with Crippen molar-refractivity contribution >= 4 is 6.09 Å². The molecule has 0 saturated heterocycles. The number of rotatable bonds is 19. The summed E-state index contributed by atoms with van der Waals surface area (Å²) >= 11 is 0. The zero-order chi connectivity index (χ0) is 38.8. The molecule has 14 N–H and O–H groups in total. The largest absolute Gasteiger partial charge is 0.444 e. The van der Waals surface area contributed by atoms with Gasteiger partial charge in [-0.15, -0.1) is 0 Å². The van der Waals surface area contributed by atoms with Crippen molar-refractivity contribution in [1.82, 2.24) is 21.3 Å². The fraction of sp³-hybridized carbons (Fsp3) is 0.537. The van der Waals surface area contributed by atoms with E-state index >= 15 is 0 Å². The number of aryl methyl sites for hydroxylation is 3. The molecule has 292 valence electrons. The number of carbonyl (C=O) groups excluding carboxylic acids is 1. The summed E-state index contributed by atoms with van der Waals surface area (Å²) in [6, 6.07) is 25.6. The Morgan fingerprint density at radius 1 is 0.577 bits per heavy atom. The van der Waals surface area contributed by atoms with Crippen molar-refractivity contribution in [2.24, 2.45) is 28.7 Å². The lowest BCUT2D eigenvalue weighted by atomic mass is 10.0. The van der Waals surface area contributed by atoms with Crippen molar-refractivity contribution in [2.45, 2.75) is 84.5 Å². The second kappa shape index (κ2) is 27.2. The van der Waals surface area contributed by atoms with Gasteiger partial charge in [0.15, 0.2) is 0 Å². The maximum atomic E-state index is 12.0. The van der Waals surface area contributed by atoms with Crippen molar-refractivity contribution in [2.75, 3.05) is 58.9 Å². The maximum Gasteiger partial charge on any atom is 0.407 e. The third-order valence-electron chi connectivity index (χ3n) is 7.73. The molecule has 0 aliphatic heterocycles. The first-order chi connectivity index (χ1) is 24.7. The van der Waals surface area contributed by atoms with Gasteiger partial charge in [-0.2, -0.15) is 0 Å². The van der Waals surface area contributed by atoms with Crippen LogP contribution < -0.4 is 49.9 Å². The van der Waals surface area contributed by atoms with Gasteiger partial charge in [0, 0.05) is 77.0 Å². The van der Waals surface area contributed by atoms with Crippen molar-refractivity contribution in [3.63, 3.8) is 0 Å². The van der Waals surface area contributed by atoms with E-state index in [9.17, 15) is 4.79 Å². The number of benzene rings is 3. The van der Waals surface area contributed by atoms with E-state index in [4.69, 9.17) is 33.4 Å². The Balaban J connectivity index is 0.000000401. The predicted molar refractivity (Wildman–Crippen MR) is 220 cm³/mol. The highest BCUT2D eigenvalue weighted by Gasteiger charge is 2.19. The summed E-state index contributed by atoms with van der Waals surface area (Å²) in [6.45, 7) is 18.4. The lowest BCUT2D eigenvalue weighted by molar-refractivity contribution is 0.0504. The molecule has 0 radical (unpaired) electrons. The van der Waals surface area contributed by atoms with E-state index in [0.717, 1.165) is 52.0 Å². The normalized spacial score (nSPS) is 12.8. The third-order valence-corrected chi connectivity index (χ3v) is 7.73. The SMILES string of the molecule is Cc1ccc(C[C@@H](CNCCN)NC(=O)OC(C)(C)C)cc1.Cc1ccc(C[C@H](N)CNCCN)cc1.Cc1ccc(C[C@H](N)CNCCN)cc1. The Bertz CT molecular complexity index is 1250. The van der Waals surface area contributed by atoms with Crippen LogP contribution in [-0.4, -0.2) is 88.7 Å². The quantitative estimate of drug-likeness (QED) is 0.0829. The first kappa shape index (κ1) is 46.6. The van der Waals surface area contributed by atoms with Gasteiger partial charge in [0.05, 0.1) is 0 Å². The van der Waals surface area contributed by atoms with E-state index in [-0.39, 0.29) is 24.2 Å². The van der Waals surface area contributed by atoms with Crippen LogP contribution in [0.4, 0.5) is 4.79 Å². The molecular weight excluding hydrogens is 651 g/mol. The molecule has 11 nitrogen and oxygen atoms in total. The molecule has 1 amide bonds. The second-order valence-corrected chi connectivity index (χ2v) is 14.4. The van der Waals surface area contributed by atoms with E-state index in [1.807, 2.05) is 20.8 Å². The van der Waals surface area contributed by atoms with Crippen LogP contribution >= 0.6 is 0 Å². The molecule has 0 aromatic heterocycles. The zero-order valence-corrected chi connectivity index (χ0v) is 32.8. The predicted octanol–water partition coefficient (Wildman–Crippen LogP) is 2.81. The molecule has 0 aliphatic carbocycles. The summed E-state index contributed by atoms with van der Waals surface area (Å²) < 4.78 is 5.33. The third kappa shape index (κ3) is 24.7. The average Bonchev–Trinajstić information content (AvgIpc) is 3.08. The molecule has 3 atom stereocenters. The molecule has 0 saturated carbocycles. The summed E-state index contributed by atoms with van der Waals surface area (Å²) in [6.07, 6.45) is 2.19.